The fourth-order valence-corrected chi connectivity index (χ4v) is 3.99. The molecule has 1 saturated heterocycles. The van der Waals surface area contributed by atoms with Crippen molar-refractivity contribution in [3.05, 3.63) is 54.1 Å². The molecule has 176 valence electrons. The van der Waals surface area contributed by atoms with Crippen LogP contribution in [0.2, 0.25) is 5.02 Å². The summed E-state index contributed by atoms with van der Waals surface area (Å²) in [6, 6.07) is 6.65. The Balaban J connectivity index is 1.37. The van der Waals surface area contributed by atoms with Gasteiger partial charge in [-0.1, -0.05) is 18.2 Å². The van der Waals surface area contributed by atoms with Gasteiger partial charge in [0.15, 0.2) is 11.6 Å². The standard InChI is InChI=1S/C24H23ClFN5O3/c1-3-19(32)31-11-8-14(12-31)33-18-7-5-16-22(30-18)23(28-13-27-16)29-15-4-6-17(20(25)21(15)26)34-24(2)9-10-24/h3-7,13-14H,1,8-12H2,2H3,(H,27,28,29)/t14-/m0/s1. The Morgan fingerprint density at radius 2 is 2.15 bits per heavy atom. The molecule has 0 bridgehead atoms. The van der Waals surface area contributed by atoms with E-state index in [0.29, 0.717) is 48.0 Å². The predicted molar refractivity (Wildman–Crippen MR) is 126 cm³/mol. The number of ether oxygens (including phenoxy) is 2. The molecule has 1 aromatic carbocycles. The number of amides is 1. The summed E-state index contributed by atoms with van der Waals surface area (Å²) in [7, 11) is 0. The molecule has 1 atom stereocenters. The Morgan fingerprint density at radius 1 is 1.32 bits per heavy atom. The Bertz CT molecular complexity index is 1280. The summed E-state index contributed by atoms with van der Waals surface area (Å²) in [6.07, 6.45) is 4.99. The molecule has 1 N–H and O–H groups in total. The minimum Gasteiger partial charge on any atom is -0.486 e. The van der Waals surface area contributed by atoms with Crippen molar-refractivity contribution in [3.8, 4) is 11.6 Å². The van der Waals surface area contributed by atoms with E-state index < -0.39 is 5.82 Å². The molecular formula is C24H23ClFN5O3. The van der Waals surface area contributed by atoms with Gasteiger partial charge in [-0.25, -0.2) is 19.3 Å². The monoisotopic (exact) mass is 483 g/mol. The van der Waals surface area contributed by atoms with Gasteiger partial charge in [0.25, 0.3) is 0 Å². The van der Waals surface area contributed by atoms with Gasteiger partial charge in [-0.3, -0.25) is 4.79 Å². The minimum absolute atomic E-state index is 0.0895. The zero-order valence-electron chi connectivity index (χ0n) is 18.6. The molecule has 2 fully saturated rings. The van der Waals surface area contributed by atoms with Crippen LogP contribution in [0.1, 0.15) is 26.2 Å². The van der Waals surface area contributed by atoms with Crippen molar-refractivity contribution in [1.82, 2.24) is 19.9 Å². The van der Waals surface area contributed by atoms with E-state index in [1.54, 1.807) is 29.2 Å². The molecule has 10 heteroatoms. The molecule has 0 radical (unpaired) electrons. The number of anilines is 2. The molecule has 1 aliphatic heterocycles. The molecule has 0 spiro atoms. The van der Waals surface area contributed by atoms with Crippen LogP contribution in [-0.4, -0.2) is 50.6 Å². The highest BCUT2D eigenvalue weighted by Crippen LogP contribution is 2.43. The predicted octanol–water partition coefficient (Wildman–Crippen LogP) is 4.66. The zero-order chi connectivity index (χ0) is 23.9. The highest BCUT2D eigenvalue weighted by atomic mass is 35.5. The topological polar surface area (TPSA) is 89.5 Å². The molecule has 1 saturated carbocycles. The van der Waals surface area contributed by atoms with Gasteiger partial charge < -0.3 is 19.7 Å². The molecule has 0 unspecified atom stereocenters. The third kappa shape index (κ3) is 4.48. The first-order chi connectivity index (χ1) is 16.3. The molecule has 8 nitrogen and oxygen atoms in total. The van der Waals surface area contributed by atoms with E-state index in [9.17, 15) is 4.79 Å². The Kier molecular flexibility index (Phi) is 5.73. The minimum atomic E-state index is -0.638. The summed E-state index contributed by atoms with van der Waals surface area (Å²) in [5.74, 6) is 0.222. The summed E-state index contributed by atoms with van der Waals surface area (Å²) >= 11 is 6.24. The number of hydrogen-bond acceptors (Lipinski definition) is 7. The van der Waals surface area contributed by atoms with Crippen molar-refractivity contribution < 1.29 is 18.7 Å². The van der Waals surface area contributed by atoms with Crippen molar-refractivity contribution in [3.63, 3.8) is 0 Å². The Labute approximate surface area is 200 Å². The van der Waals surface area contributed by atoms with E-state index in [1.165, 1.54) is 12.4 Å². The summed E-state index contributed by atoms with van der Waals surface area (Å²) in [4.78, 5) is 26.5. The van der Waals surface area contributed by atoms with E-state index in [0.717, 1.165) is 12.8 Å². The molecule has 3 aromatic rings. The fraction of sp³-hybridized carbons (Fsp3) is 0.333. The van der Waals surface area contributed by atoms with E-state index in [-0.39, 0.29) is 28.3 Å². The van der Waals surface area contributed by atoms with Crippen molar-refractivity contribution in [2.24, 2.45) is 0 Å². The number of nitrogens with one attached hydrogen (secondary N) is 1. The molecule has 1 aliphatic carbocycles. The molecule has 2 aliphatic rings. The van der Waals surface area contributed by atoms with Gasteiger partial charge in [-0.15, -0.1) is 0 Å². The maximum atomic E-state index is 15.0. The number of nitrogens with zero attached hydrogens (tertiary/aromatic N) is 4. The van der Waals surface area contributed by atoms with Crippen molar-refractivity contribution >= 4 is 40.0 Å². The number of rotatable bonds is 7. The Hall–Kier alpha value is -3.46. The number of pyridine rings is 1. The van der Waals surface area contributed by atoms with E-state index >= 15 is 4.39 Å². The quantitative estimate of drug-likeness (QED) is 0.489. The second-order valence-corrected chi connectivity index (χ2v) is 9.05. The average Bonchev–Trinajstić information content (AvgIpc) is 3.38. The summed E-state index contributed by atoms with van der Waals surface area (Å²) in [6.45, 7) is 6.54. The Morgan fingerprint density at radius 3 is 2.91 bits per heavy atom. The largest absolute Gasteiger partial charge is 0.486 e. The van der Waals surface area contributed by atoms with E-state index in [4.69, 9.17) is 21.1 Å². The van der Waals surface area contributed by atoms with Crippen molar-refractivity contribution in [1.29, 1.82) is 0 Å². The van der Waals surface area contributed by atoms with Crippen LogP contribution in [0, 0.1) is 5.82 Å². The highest BCUT2D eigenvalue weighted by molar-refractivity contribution is 6.32. The van der Waals surface area contributed by atoms with Gasteiger partial charge in [0.1, 0.15) is 34.3 Å². The van der Waals surface area contributed by atoms with Crippen LogP contribution in [0.5, 0.6) is 11.6 Å². The van der Waals surface area contributed by atoms with E-state index in [2.05, 4.69) is 26.8 Å². The lowest BCUT2D eigenvalue weighted by Gasteiger charge is -2.17. The van der Waals surface area contributed by atoms with Crippen LogP contribution in [0.4, 0.5) is 15.9 Å². The number of hydrogen-bond donors (Lipinski definition) is 1. The van der Waals surface area contributed by atoms with Crippen LogP contribution in [0.15, 0.2) is 43.2 Å². The second kappa shape index (κ2) is 8.72. The van der Waals surface area contributed by atoms with Crippen LogP contribution < -0.4 is 14.8 Å². The maximum Gasteiger partial charge on any atom is 0.246 e. The summed E-state index contributed by atoms with van der Waals surface area (Å²) < 4.78 is 26.8. The van der Waals surface area contributed by atoms with Gasteiger partial charge in [-0.05, 0) is 44.0 Å². The first kappa shape index (κ1) is 22.3. The SMILES string of the molecule is C=CC(=O)N1CC[C@H](Oc2ccc3ncnc(Nc4ccc(OC5(C)CC5)c(Cl)c4F)c3n2)C1. The second-order valence-electron chi connectivity index (χ2n) is 8.67. The molecular weight excluding hydrogens is 461 g/mol. The highest BCUT2D eigenvalue weighted by Gasteiger charge is 2.40. The smallest absolute Gasteiger partial charge is 0.246 e. The molecule has 34 heavy (non-hydrogen) atoms. The molecule has 3 heterocycles. The first-order valence-electron chi connectivity index (χ1n) is 11.0. The number of halogens is 2. The van der Waals surface area contributed by atoms with Crippen molar-refractivity contribution in [2.75, 3.05) is 18.4 Å². The average molecular weight is 484 g/mol. The fourth-order valence-electron chi connectivity index (χ4n) is 3.78. The van der Waals surface area contributed by atoms with E-state index in [1.807, 2.05) is 6.92 Å². The lowest BCUT2D eigenvalue weighted by molar-refractivity contribution is -0.125. The van der Waals surface area contributed by atoms with Gasteiger partial charge in [-0.2, -0.15) is 0 Å². The number of carbonyl (C=O) groups excluding carboxylic acids is 1. The van der Waals surface area contributed by atoms with Crippen LogP contribution in [-0.2, 0) is 4.79 Å². The van der Waals surface area contributed by atoms with Crippen molar-refractivity contribution in [2.45, 2.75) is 37.9 Å². The van der Waals surface area contributed by atoms with Gasteiger partial charge in [0, 0.05) is 19.0 Å². The summed E-state index contributed by atoms with van der Waals surface area (Å²) in [5, 5.41) is 2.87. The first-order valence-corrected chi connectivity index (χ1v) is 11.4. The number of benzene rings is 1. The number of fused-ring (bicyclic) bond motifs is 1. The third-order valence-corrected chi connectivity index (χ3v) is 6.34. The summed E-state index contributed by atoms with van der Waals surface area (Å²) in [5.41, 5.74) is 0.843. The lowest BCUT2D eigenvalue weighted by Crippen LogP contribution is -2.29. The van der Waals surface area contributed by atoms with Crippen LogP contribution in [0.25, 0.3) is 11.0 Å². The number of aromatic nitrogens is 3. The number of likely N-dealkylation sites (tertiary alicyclic amines) is 1. The van der Waals surface area contributed by atoms with Gasteiger partial charge in [0.2, 0.25) is 11.8 Å². The molecule has 2 aromatic heterocycles. The van der Waals surface area contributed by atoms with Crippen LogP contribution in [0.3, 0.4) is 0 Å². The maximum absolute atomic E-state index is 15.0. The molecule has 1 amide bonds. The van der Waals surface area contributed by atoms with Crippen LogP contribution >= 0.6 is 11.6 Å². The number of carbonyl (C=O) groups is 1. The third-order valence-electron chi connectivity index (χ3n) is 5.99. The normalized spacial score (nSPS) is 18.6. The lowest BCUT2D eigenvalue weighted by atomic mass is 10.2. The van der Waals surface area contributed by atoms with Gasteiger partial charge in [0.05, 0.1) is 17.7 Å². The zero-order valence-corrected chi connectivity index (χ0v) is 19.3. The van der Waals surface area contributed by atoms with Gasteiger partial charge >= 0.3 is 0 Å². The molecule has 5 rings (SSSR count).